The zero-order valence-electron chi connectivity index (χ0n) is 17.8. The molecule has 4 N–H and O–H groups in total. The molecule has 0 saturated carbocycles. The largest absolute Gasteiger partial charge is 0.475 e. The zero-order valence-corrected chi connectivity index (χ0v) is 20.0. The van der Waals surface area contributed by atoms with Crippen LogP contribution in [0.4, 0.5) is 0 Å². The van der Waals surface area contributed by atoms with E-state index in [1.165, 1.54) is 18.6 Å². The van der Waals surface area contributed by atoms with E-state index in [1.54, 1.807) is 0 Å². The van der Waals surface area contributed by atoms with E-state index in [2.05, 4.69) is 43.2 Å². The molecule has 0 bridgehead atoms. The molecular weight excluding hydrogens is 510 g/mol. The van der Waals surface area contributed by atoms with Crippen molar-refractivity contribution in [2.45, 2.75) is 49.0 Å². The Labute approximate surface area is 196 Å². The molecule has 0 spiro atoms. The summed E-state index contributed by atoms with van der Waals surface area (Å²) in [7, 11) is -1.72. The van der Waals surface area contributed by atoms with E-state index in [-0.39, 0.29) is 22.0 Å². The van der Waals surface area contributed by atoms with E-state index in [9.17, 15) is 19.6 Å². The van der Waals surface area contributed by atoms with E-state index >= 15 is 0 Å². The van der Waals surface area contributed by atoms with Crippen molar-refractivity contribution in [2.24, 2.45) is 5.92 Å². The smallest absolute Gasteiger partial charge is 0.426 e. The maximum Gasteiger partial charge on any atom is 0.475 e. The Balaban J connectivity index is 2.43. The van der Waals surface area contributed by atoms with Crippen LogP contribution in [0.25, 0.3) is 0 Å². The highest BCUT2D eigenvalue weighted by molar-refractivity contribution is 14.1. The van der Waals surface area contributed by atoms with Crippen molar-refractivity contribution in [1.29, 1.82) is 0 Å². The van der Waals surface area contributed by atoms with Crippen LogP contribution in [0.1, 0.15) is 43.2 Å². The predicted molar refractivity (Wildman–Crippen MR) is 127 cm³/mol. The molecule has 0 fully saturated rings. The third-order valence-corrected chi connectivity index (χ3v) is 6.01. The maximum atomic E-state index is 13.6. The monoisotopic (exact) mass is 538 g/mol. The molecule has 31 heavy (non-hydrogen) atoms. The van der Waals surface area contributed by atoms with Crippen molar-refractivity contribution in [3.63, 3.8) is 0 Å². The molecule has 0 saturated heterocycles. The van der Waals surface area contributed by atoms with E-state index in [0.717, 1.165) is 5.56 Å². The van der Waals surface area contributed by atoms with Crippen LogP contribution in [0.15, 0.2) is 48.9 Å². The Morgan fingerprint density at radius 3 is 2.35 bits per heavy atom. The third-order valence-electron chi connectivity index (χ3n) is 4.94. The number of nitrogens with zero attached hydrogens (tertiary/aromatic N) is 2. The predicted octanol–water partition coefficient (Wildman–Crippen LogP) is 1.55. The Hall–Kier alpha value is -2.05. The minimum Gasteiger partial charge on any atom is -0.426 e. The Bertz CT molecular complexity index is 855. The van der Waals surface area contributed by atoms with Crippen LogP contribution < -0.4 is 10.6 Å². The van der Waals surface area contributed by atoms with Crippen molar-refractivity contribution in [3.05, 3.63) is 60.2 Å². The van der Waals surface area contributed by atoms with Gasteiger partial charge in [-0.15, -0.1) is 0 Å². The zero-order chi connectivity index (χ0) is 23.0. The van der Waals surface area contributed by atoms with Gasteiger partial charge in [-0.2, -0.15) is 0 Å². The molecule has 10 heteroatoms. The van der Waals surface area contributed by atoms with Gasteiger partial charge in [-0.1, -0.05) is 73.7 Å². The fraction of sp³-hybridized carbons (Fsp3) is 0.429. The summed E-state index contributed by atoms with van der Waals surface area (Å²) in [4.78, 5) is 34.5. The summed E-state index contributed by atoms with van der Waals surface area (Å²) in [6, 6.07) is 9.35. The molecule has 1 aromatic heterocycles. The summed E-state index contributed by atoms with van der Waals surface area (Å²) < 4.78 is -0.346. The molecule has 166 valence electrons. The number of nitrogens with one attached hydrogen (secondary N) is 2. The number of halogens is 1. The van der Waals surface area contributed by atoms with Crippen molar-refractivity contribution in [3.8, 4) is 0 Å². The van der Waals surface area contributed by atoms with E-state index in [0.29, 0.717) is 6.42 Å². The topological polar surface area (TPSA) is 124 Å². The van der Waals surface area contributed by atoms with E-state index in [4.69, 9.17) is 0 Å². The summed E-state index contributed by atoms with van der Waals surface area (Å²) in [5.74, 6) is -1.77. The lowest BCUT2D eigenvalue weighted by Crippen LogP contribution is -2.67. The molecular formula is C21H28BIN4O4. The summed E-state index contributed by atoms with van der Waals surface area (Å²) in [6.07, 6.45) is 4.78. The lowest BCUT2D eigenvalue weighted by Gasteiger charge is -2.37. The molecule has 8 nitrogen and oxygen atoms in total. The molecule has 0 radical (unpaired) electrons. The second kappa shape index (κ2) is 11.5. The van der Waals surface area contributed by atoms with Gasteiger partial charge in [0.15, 0.2) is 0 Å². The third kappa shape index (κ3) is 6.98. The van der Waals surface area contributed by atoms with Gasteiger partial charge in [-0.3, -0.25) is 14.6 Å². The second-order valence-corrected chi connectivity index (χ2v) is 9.79. The van der Waals surface area contributed by atoms with Crippen LogP contribution in [0.2, 0.25) is 0 Å². The fourth-order valence-corrected chi connectivity index (χ4v) is 3.92. The summed E-state index contributed by atoms with van der Waals surface area (Å²) in [5.41, 5.74) is -0.419. The lowest BCUT2D eigenvalue weighted by molar-refractivity contribution is -0.127. The molecule has 1 heterocycles. The second-order valence-electron chi connectivity index (χ2n) is 7.92. The van der Waals surface area contributed by atoms with Crippen molar-refractivity contribution in [1.82, 2.24) is 20.6 Å². The van der Waals surface area contributed by atoms with Crippen LogP contribution in [0, 0.1) is 5.92 Å². The van der Waals surface area contributed by atoms with Gasteiger partial charge in [0.2, 0.25) is 5.91 Å². The van der Waals surface area contributed by atoms with Gasteiger partial charge < -0.3 is 20.7 Å². The number of aromatic nitrogens is 2. The first-order valence-electron chi connectivity index (χ1n) is 10.1. The first-order chi connectivity index (χ1) is 14.7. The van der Waals surface area contributed by atoms with Gasteiger partial charge in [0, 0.05) is 22.7 Å². The Morgan fingerprint density at radius 1 is 1.16 bits per heavy atom. The molecule has 0 aliphatic carbocycles. The summed E-state index contributed by atoms with van der Waals surface area (Å²) >= 11 is 2.11. The number of benzene rings is 1. The number of alkyl halides is 1. The standard InChI is InChI=1S/C21H28BIN4O4/c1-14(2)11-18(22(30)31)26-20(29)21(15(3)23,12-16-7-5-4-6-8-16)27-19(28)17-13-24-9-10-25-17/h4-10,13-15,18,30-31H,11-12H2,1-3H3,(H,26,29)(H,27,28)/t15-,18+,21-/m1/s1. The molecule has 2 rings (SSSR count). The van der Waals surface area contributed by atoms with Crippen LogP contribution in [0.5, 0.6) is 0 Å². The van der Waals surface area contributed by atoms with Crippen LogP contribution in [-0.2, 0) is 11.2 Å². The molecule has 0 aliphatic rings. The van der Waals surface area contributed by atoms with Crippen LogP contribution in [0.3, 0.4) is 0 Å². The number of carbonyl (C=O) groups is 2. The number of rotatable bonds is 10. The lowest BCUT2D eigenvalue weighted by atomic mass is 9.74. The Kier molecular flexibility index (Phi) is 9.39. The molecule has 1 aromatic carbocycles. The van der Waals surface area contributed by atoms with Gasteiger partial charge in [-0.25, -0.2) is 4.98 Å². The number of amides is 2. The van der Waals surface area contributed by atoms with Gasteiger partial charge in [0.05, 0.1) is 12.1 Å². The average molecular weight is 538 g/mol. The fourth-order valence-electron chi connectivity index (χ4n) is 3.26. The molecule has 2 amide bonds. The van der Waals surface area contributed by atoms with E-state index in [1.807, 2.05) is 51.1 Å². The van der Waals surface area contributed by atoms with Crippen molar-refractivity contribution < 1.29 is 19.6 Å². The first-order valence-corrected chi connectivity index (χ1v) is 11.3. The molecule has 2 aromatic rings. The number of hydrogen-bond acceptors (Lipinski definition) is 6. The SMILES string of the molecule is CC(C)C[C@H](NC(=O)[C@](Cc1ccccc1)(NC(=O)c1cnccn1)[C@@H](C)I)B(O)O. The average Bonchev–Trinajstić information content (AvgIpc) is 2.73. The Morgan fingerprint density at radius 2 is 1.84 bits per heavy atom. The highest BCUT2D eigenvalue weighted by atomic mass is 127. The van der Waals surface area contributed by atoms with Gasteiger partial charge >= 0.3 is 7.12 Å². The van der Waals surface area contributed by atoms with Crippen molar-refractivity contribution in [2.75, 3.05) is 0 Å². The van der Waals surface area contributed by atoms with Gasteiger partial charge in [0.1, 0.15) is 11.2 Å². The quantitative estimate of drug-likeness (QED) is 0.207. The summed E-state index contributed by atoms with van der Waals surface area (Å²) in [6.45, 7) is 5.68. The minimum atomic E-state index is -1.72. The van der Waals surface area contributed by atoms with Gasteiger partial charge in [0.25, 0.3) is 5.91 Å². The minimum absolute atomic E-state index is 0.0886. The summed E-state index contributed by atoms with van der Waals surface area (Å²) in [5, 5.41) is 25.2. The molecule has 0 aliphatic heterocycles. The molecule has 0 unspecified atom stereocenters. The normalized spacial score (nSPS) is 14.9. The highest BCUT2D eigenvalue weighted by Crippen LogP contribution is 2.26. The highest BCUT2D eigenvalue weighted by Gasteiger charge is 2.46. The van der Waals surface area contributed by atoms with Crippen molar-refractivity contribution >= 4 is 41.5 Å². The number of hydrogen-bond donors (Lipinski definition) is 4. The molecule has 3 atom stereocenters. The van der Waals surface area contributed by atoms with Crippen LogP contribution in [-0.4, -0.2) is 54.4 Å². The number of carbonyl (C=O) groups excluding carboxylic acids is 2. The maximum absolute atomic E-state index is 13.6. The van der Waals surface area contributed by atoms with Crippen LogP contribution >= 0.6 is 22.6 Å². The van der Waals surface area contributed by atoms with E-state index < -0.39 is 30.4 Å². The van der Waals surface area contributed by atoms with Gasteiger partial charge in [-0.05, 0) is 17.9 Å². The first kappa shape index (κ1) is 25.2.